The summed E-state index contributed by atoms with van der Waals surface area (Å²) in [5.41, 5.74) is 0.325. The number of nitrogens with zero attached hydrogens (tertiary/aromatic N) is 3. The highest BCUT2D eigenvalue weighted by Crippen LogP contribution is 2.25. The van der Waals surface area contributed by atoms with Gasteiger partial charge in [0.1, 0.15) is 17.5 Å². The Balaban J connectivity index is 1.68. The van der Waals surface area contributed by atoms with Crippen molar-refractivity contribution < 1.29 is 18.9 Å². The molecule has 1 unspecified atom stereocenters. The first-order chi connectivity index (χ1) is 13.5. The molecule has 28 heavy (non-hydrogen) atoms. The van der Waals surface area contributed by atoms with Crippen molar-refractivity contribution in [3.8, 4) is 0 Å². The topological polar surface area (TPSA) is 132 Å². The largest absolute Gasteiger partial charge is 0.467 e. The van der Waals surface area contributed by atoms with Crippen LogP contribution >= 0.6 is 0 Å². The molecule has 2 heterocycles. The molecule has 10 heteroatoms. The molecular formula is C18H17N5O5. The number of carbonyl (C=O) groups excluding carboxylic acids is 2. The van der Waals surface area contributed by atoms with Crippen molar-refractivity contribution in [2.45, 2.75) is 13.0 Å². The predicted molar refractivity (Wildman–Crippen MR) is 98.5 cm³/mol. The number of aryl methyl sites for hydroxylation is 1. The number of nitrogens with one attached hydrogen (secondary N) is 2. The summed E-state index contributed by atoms with van der Waals surface area (Å²) < 4.78 is 6.96. The van der Waals surface area contributed by atoms with Crippen molar-refractivity contribution in [1.29, 1.82) is 0 Å². The van der Waals surface area contributed by atoms with Gasteiger partial charge in [0.15, 0.2) is 0 Å². The number of hydrogen-bond donors (Lipinski definition) is 2. The molecule has 0 spiro atoms. The minimum absolute atomic E-state index is 0.0391. The van der Waals surface area contributed by atoms with Crippen LogP contribution in [0.25, 0.3) is 0 Å². The molecular weight excluding hydrogens is 366 g/mol. The van der Waals surface area contributed by atoms with E-state index in [9.17, 15) is 19.7 Å². The van der Waals surface area contributed by atoms with Crippen molar-refractivity contribution in [2.75, 3.05) is 11.9 Å². The maximum absolute atomic E-state index is 12.2. The Bertz CT molecular complexity index is 948. The summed E-state index contributed by atoms with van der Waals surface area (Å²) in [5.74, 6) is -1.39. The third-order valence-electron chi connectivity index (χ3n) is 3.98. The van der Waals surface area contributed by atoms with Crippen molar-refractivity contribution in [2.24, 2.45) is 0 Å². The number of nitro benzene ring substituents is 1. The van der Waals surface area contributed by atoms with Crippen LogP contribution in [-0.2, 0) is 9.59 Å². The van der Waals surface area contributed by atoms with E-state index in [1.807, 2.05) is 0 Å². The van der Waals surface area contributed by atoms with Gasteiger partial charge in [0.25, 0.3) is 5.69 Å². The molecule has 0 saturated heterocycles. The number of hydrogen-bond acceptors (Lipinski definition) is 6. The van der Waals surface area contributed by atoms with E-state index in [0.717, 1.165) is 0 Å². The Morgan fingerprint density at radius 1 is 1.29 bits per heavy atom. The van der Waals surface area contributed by atoms with Gasteiger partial charge in [0.05, 0.1) is 11.2 Å². The predicted octanol–water partition coefficient (Wildman–Crippen LogP) is 2.04. The molecule has 0 aliphatic heterocycles. The summed E-state index contributed by atoms with van der Waals surface area (Å²) >= 11 is 0. The number of rotatable bonds is 6. The van der Waals surface area contributed by atoms with Crippen LogP contribution in [0.15, 0.2) is 59.5 Å². The average Bonchev–Trinajstić information content (AvgIpc) is 3.37. The van der Waals surface area contributed by atoms with E-state index in [1.165, 1.54) is 18.4 Å². The Morgan fingerprint density at radius 2 is 2.11 bits per heavy atom. The normalized spacial score (nSPS) is 11.6. The summed E-state index contributed by atoms with van der Waals surface area (Å²) in [7, 11) is 0. The van der Waals surface area contributed by atoms with Crippen LogP contribution in [0, 0.1) is 17.0 Å². The molecule has 0 fully saturated rings. The minimum Gasteiger partial charge on any atom is -0.467 e. The molecule has 1 aromatic carbocycles. The highest BCUT2D eigenvalue weighted by atomic mass is 16.6. The highest BCUT2D eigenvalue weighted by molar-refractivity contribution is 6.39. The Labute approximate surface area is 159 Å². The molecule has 10 nitrogen and oxygen atoms in total. The summed E-state index contributed by atoms with van der Waals surface area (Å²) in [6.07, 6.45) is 4.78. The van der Waals surface area contributed by atoms with Gasteiger partial charge >= 0.3 is 11.8 Å². The number of nitro groups is 1. The third kappa shape index (κ3) is 4.23. The quantitative estimate of drug-likeness (QED) is 0.380. The van der Waals surface area contributed by atoms with Gasteiger partial charge in [-0.25, -0.2) is 0 Å². The van der Waals surface area contributed by atoms with Crippen molar-refractivity contribution in [3.63, 3.8) is 0 Å². The van der Waals surface area contributed by atoms with E-state index in [-0.39, 0.29) is 17.9 Å². The van der Waals surface area contributed by atoms with Crippen molar-refractivity contribution in [3.05, 3.63) is 76.5 Å². The number of benzene rings is 1. The molecule has 1 atom stereocenters. The first-order valence-corrected chi connectivity index (χ1v) is 8.32. The fourth-order valence-electron chi connectivity index (χ4n) is 2.62. The van der Waals surface area contributed by atoms with E-state index in [0.29, 0.717) is 11.3 Å². The smallest absolute Gasteiger partial charge is 0.313 e. The molecule has 2 aromatic heterocycles. The zero-order chi connectivity index (χ0) is 20.1. The van der Waals surface area contributed by atoms with Crippen LogP contribution < -0.4 is 10.6 Å². The molecule has 144 valence electrons. The highest BCUT2D eigenvalue weighted by Gasteiger charge is 2.23. The summed E-state index contributed by atoms with van der Waals surface area (Å²) in [5, 5.41) is 20.0. The van der Waals surface area contributed by atoms with E-state index in [2.05, 4.69) is 15.7 Å². The van der Waals surface area contributed by atoms with Crippen LogP contribution in [0.5, 0.6) is 0 Å². The second-order valence-electron chi connectivity index (χ2n) is 5.96. The van der Waals surface area contributed by atoms with Crippen LogP contribution in [0.2, 0.25) is 0 Å². The van der Waals surface area contributed by atoms with E-state index in [4.69, 9.17) is 4.42 Å². The number of aromatic nitrogens is 2. The minimum atomic E-state index is -1.01. The molecule has 0 aliphatic rings. The molecule has 3 aromatic rings. The Kier molecular flexibility index (Phi) is 5.49. The lowest BCUT2D eigenvalue weighted by Gasteiger charge is -2.16. The van der Waals surface area contributed by atoms with Gasteiger partial charge < -0.3 is 15.1 Å². The van der Waals surface area contributed by atoms with Crippen LogP contribution in [0.3, 0.4) is 0 Å². The van der Waals surface area contributed by atoms with Crippen molar-refractivity contribution >= 4 is 23.2 Å². The zero-order valence-corrected chi connectivity index (χ0v) is 14.9. The van der Waals surface area contributed by atoms with Crippen LogP contribution in [0.4, 0.5) is 11.4 Å². The standard InChI is InChI=1S/C18H17N5O5/c1-12-5-6-13(14(10-12)23(26)27)21-18(25)17(24)19-11-15(16-4-2-9-28-16)22-8-3-7-20-22/h2-10,15H,11H2,1H3,(H,19,24)(H,21,25). The second-order valence-corrected chi connectivity index (χ2v) is 5.96. The van der Waals surface area contributed by atoms with Gasteiger partial charge in [-0.15, -0.1) is 0 Å². The van der Waals surface area contributed by atoms with Crippen LogP contribution in [0.1, 0.15) is 17.4 Å². The maximum atomic E-state index is 12.2. The molecule has 0 saturated carbocycles. The first kappa shape index (κ1) is 18.8. The summed E-state index contributed by atoms with van der Waals surface area (Å²) in [6.45, 7) is 1.73. The molecule has 2 amide bonds. The molecule has 0 radical (unpaired) electrons. The monoisotopic (exact) mass is 383 g/mol. The molecule has 0 bridgehead atoms. The zero-order valence-electron chi connectivity index (χ0n) is 14.9. The summed E-state index contributed by atoms with van der Waals surface area (Å²) in [4.78, 5) is 34.9. The van der Waals surface area contributed by atoms with E-state index < -0.39 is 22.8 Å². The molecule has 0 aliphatic carbocycles. The lowest BCUT2D eigenvalue weighted by Crippen LogP contribution is -2.39. The Hall–Kier alpha value is -3.95. The van der Waals surface area contributed by atoms with Crippen molar-refractivity contribution in [1.82, 2.24) is 15.1 Å². The molecule has 3 rings (SSSR count). The fraction of sp³-hybridized carbons (Fsp3) is 0.167. The van der Waals surface area contributed by atoms with Gasteiger partial charge in [-0.1, -0.05) is 6.07 Å². The van der Waals surface area contributed by atoms with Crippen LogP contribution in [-0.4, -0.2) is 33.1 Å². The number of carbonyl (C=O) groups is 2. The molecule has 2 N–H and O–H groups in total. The number of furan rings is 1. The van der Waals surface area contributed by atoms with Gasteiger partial charge in [-0.2, -0.15) is 5.10 Å². The first-order valence-electron chi connectivity index (χ1n) is 8.32. The van der Waals surface area contributed by atoms with E-state index in [1.54, 1.807) is 48.3 Å². The Morgan fingerprint density at radius 3 is 2.75 bits per heavy atom. The third-order valence-corrected chi connectivity index (χ3v) is 3.98. The fourth-order valence-corrected chi connectivity index (χ4v) is 2.62. The second kappa shape index (κ2) is 8.16. The van der Waals surface area contributed by atoms with Gasteiger partial charge in [-0.3, -0.25) is 24.4 Å². The number of amides is 2. The lowest BCUT2D eigenvalue weighted by molar-refractivity contribution is -0.384. The van der Waals surface area contributed by atoms with E-state index >= 15 is 0 Å². The number of anilines is 1. The maximum Gasteiger partial charge on any atom is 0.313 e. The lowest BCUT2D eigenvalue weighted by atomic mass is 10.2. The SMILES string of the molecule is Cc1ccc(NC(=O)C(=O)NCC(c2ccco2)n2cccn2)c([N+](=O)[O-])c1. The van der Waals surface area contributed by atoms with Gasteiger partial charge in [0.2, 0.25) is 0 Å². The average molecular weight is 383 g/mol. The van der Waals surface area contributed by atoms with Gasteiger partial charge in [0, 0.05) is 25.0 Å². The van der Waals surface area contributed by atoms with Gasteiger partial charge in [-0.05, 0) is 36.8 Å². The summed E-state index contributed by atoms with van der Waals surface area (Å²) in [6, 6.07) is 9.01.